The van der Waals surface area contributed by atoms with Crippen molar-refractivity contribution in [2.75, 3.05) is 20.9 Å². The zero-order valence-electron chi connectivity index (χ0n) is 14.7. The van der Waals surface area contributed by atoms with Gasteiger partial charge in [-0.25, -0.2) is 0 Å². The summed E-state index contributed by atoms with van der Waals surface area (Å²) in [6.45, 7) is 0.699. The van der Waals surface area contributed by atoms with Gasteiger partial charge in [-0.1, -0.05) is 18.2 Å². The second-order valence-electron chi connectivity index (χ2n) is 5.92. The molecule has 0 bridgehead atoms. The summed E-state index contributed by atoms with van der Waals surface area (Å²) in [5, 5.41) is 2.57. The van der Waals surface area contributed by atoms with Gasteiger partial charge in [-0.3, -0.25) is 9.59 Å². The number of nitrogens with zero attached hydrogens (tertiary/aromatic N) is 1. The third-order valence-corrected chi connectivity index (χ3v) is 4.05. The molecule has 0 spiro atoms. The van der Waals surface area contributed by atoms with E-state index in [9.17, 15) is 9.59 Å². The van der Waals surface area contributed by atoms with E-state index in [4.69, 9.17) is 9.47 Å². The molecule has 26 heavy (non-hydrogen) atoms. The van der Waals surface area contributed by atoms with Crippen molar-refractivity contribution in [1.82, 2.24) is 10.2 Å². The minimum absolute atomic E-state index is 0.113. The van der Waals surface area contributed by atoms with Gasteiger partial charge in [-0.15, -0.1) is 0 Å². The molecule has 6 heteroatoms. The Hall–Kier alpha value is -3.28. The van der Waals surface area contributed by atoms with Gasteiger partial charge in [0.25, 0.3) is 5.91 Å². The van der Waals surface area contributed by atoms with Crippen LogP contribution in [0, 0.1) is 0 Å². The maximum atomic E-state index is 12.3. The smallest absolute Gasteiger partial charge is 0.251 e. The number of fused-ring (bicyclic) bond motifs is 1. The van der Waals surface area contributed by atoms with E-state index in [2.05, 4.69) is 5.32 Å². The molecule has 6 nitrogen and oxygen atoms in total. The first kappa shape index (κ1) is 17.5. The molecule has 134 valence electrons. The zero-order chi connectivity index (χ0) is 18.5. The monoisotopic (exact) mass is 352 g/mol. The number of amides is 2. The topological polar surface area (TPSA) is 67.9 Å². The number of likely N-dealkylation sites (N-methyl/N-ethyl adjacent to an activating group) is 1. The van der Waals surface area contributed by atoms with Crippen LogP contribution in [-0.4, -0.2) is 37.6 Å². The van der Waals surface area contributed by atoms with E-state index in [0.717, 1.165) is 16.9 Å². The van der Waals surface area contributed by atoms with E-state index in [1.54, 1.807) is 49.3 Å². The van der Waals surface area contributed by atoms with Gasteiger partial charge in [0.1, 0.15) is 0 Å². The van der Waals surface area contributed by atoms with Gasteiger partial charge in [0.15, 0.2) is 11.5 Å². The molecular weight excluding hydrogens is 332 g/mol. The first-order valence-corrected chi connectivity index (χ1v) is 8.20. The van der Waals surface area contributed by atoms with E-state index >= 15 is 0 Å². The van der Waals surface area contributed by atoms with Gasteiger partial charge < -0.3 is 19.7 Å². The fourth-order valence-electron chi connectivity index (χ4n) is 2.58. The number of nitrogens with one attached hydrogen (secondary N) is 1. The first-order chi connectivity index (χ1) is 12.6. The summed E-state index contributed by atoms with van der Waals surface area (Å²) in [5.41, 5.74) is 2.40. The maximum Gasteiger partial charge on any atom is 0.251 e. The molecule has 1 aliphatic heterocycles. The lowest BCUT2D eigenvalue weighted by Crippen LogP contribution is -2.24. The van der Waals surface area contributed by atoms with Crippen molar-refractivity contribution in [1.29, 1.82) is 0 Å². The highest BCUT2D eigenvalue weighted by molar-refractivity contribution is 5.94. The summed E-state index contributed by atoms with van der Waals surface area (Å²) in [7, 11) is 3.33. The number of hydrogen-bond acceptors (Lipinski definition) is 4. The van der Waals surface area contributed by atoms with Crippen molar-refractivity contribution in [3.05, 3.63) is 65.2 Å². The highest BCUT2D eigenvalue weighted by Gasteiger charge is 2.14. The lowest BCUT2D eigenvalue weighted by molar-refractivity contribution is -0.125. The molecule has 0 fully saturated rings. The van der Waals surface area contributed by atoms with Crippen molar-refractivity contribution in [3.63, 3.8) is 0 Å². The number of benzene rings is 2. The zero-order valence-corrected chi connectivity index (χ0v) is 14.7. The summed E-state index contributed by atoms with van der Waals surface area (Å²) in [6.07, 6.45) is 3.24. The van der Waals surface area contributed by atoms with Crippen LogP contribution in [0.2, 0.25) is 0 Å². The lowest BCUT2D eigenvalue weighted by atomic mass is 10.1. The number of hydrogen-bond donors (Lipinski definition) is 1. The Morgan fingerprint density at radius 2 is 1.85 bits per heavy atom. The first-order valence-electron chi connectivity index (χ1n) is 8.20. The Labute approximate surface area is 152 Å². The van der Waals surface area contributed by atoms with Crippen LogP contribution < -0.4 is 14.8 Å². The molecular formula is C20H20N2O4. The van der Waals surface area contributed by atoms with Crippen LogP contribution >= 0.6 is 0 Å². The molecule has 3 rings (SSSR count). The molecule has 2 aromatic rings. The third-order valence-electron chi connectivity index (χ3n) is 4.05. The van der Waals surface area contributed by atoms with Gasteiger partial charge in [-0.05, 0) is 41.5 Å². The Bertz CT molecular complexity index is 843. The van der Waals surface area contributed by atoms with Crippen LogP contribution in [0.1, 0.15) is 21.5 Å². The minimum Gasteiger partial charge on any atom is -0.454 e. The lowest BCUT2D eigenvalue weighted by Gasteiger charge is -2.15. The summed E-state index contributed by atoms with van der Waals surface area (Å²) < 4.78 is 10.6. The predicted octanol–water partition coefficient (Wildman–Crippen LogP) is 2.45. The summed E-state index contributed by atoms with van der Waals surface area (Å²) in [5.74, 6) is 1.18. The van der Waals surface area contributed by atoms with Crippen molar-refractivity contribution in [2.24, 2.45) is 0 Å². The van der Waals surface area contributed by atoms with Crippen LogP contribution in [0.15, 0.2) is 48.5 Å². The van der Waals surface area contributed by atoms with Crippen LogP contribution in [0.25, 0.3) is 6.08 Å². The molecule has 0 radical (unpaired) electrons. The molecule has 2 aromatic carbocycles. The van der Waals surface area contributed by atoms with Crippen LogP contribution in [0.4, 0.5) is 0 Å². The summed E-state index contributed by atoms with van der Waals surface area (Å²) in [4.78, 5) is 25.4. The fourth-order valence-corrected chi connectivity index (χ4v) is 2.58. The third kappa shape index (κ3) is 4.03. The normalized spacial score (nSPS) is 12.2. The quantitative estimate of drug-likeness (QED) is 0.840. The van der Waals surface area contributed by atoms with E-state index < -0.39 is 0 Å². The maximum absolute atomic E-state index is 12.3. The second-order valence-corrected chi connectivity index (χ2v) is 5.92. The standard InChI is InChI=1S/C20H20N2O4/c1-21-20(24)16-7-3-14(4-8-16)6-10-19(23)22(2)12-15-5-9-17-18(11-15)26-13-25-17/h3-11H,12-13H2,1-2H3,(H,21,24)/b10-6+. The molecule has 1 heterocycles. The molecule has 0 aliphatic carbocycles. The van der Waals surface area contributed by atoms with Gasteiger partial charge in [0.05, 0.1) is 0 Å². The number of ether oxygens (including phenoxy) is 2. The van der Waals surface area contributed by atoms with Gasteiger partial charge >= 0.3 is 0 Å². The summed E-state index contributed by atoms with van der Waals surface area (Å²) in [6, 6.07) is 12.7. The van der Waals surface area contributed by atoms with E-state index in [-0.39, 0.29) is 18.6 Å². The average molecular weight is 352 g/mol. The SMILES string of the molecule is CNC(=O)c1ccc(/C=C/C(=O)N(C)Cc2ccc3c(c2)OCO3)cc1. The highest BCUT2D eigenvalue weighted by atomic mass is 16.7. The average Bonchev–Trinajstić information content (AvgIpc) is 3.13. The Morgan fingerprint density at radius 1 is 1.12 bits per heavy atom. The molecule has 1 N–H and O–H groups in total. The summed E-state index contributed by atoms with van der Waals surface area (Å²) >= 11 is 0. The van der Waals surface area contributed by atoms with Crippen molar-refractivity contribution in [2.45, 2.75) is 6.54 Å². The highest BCUT2D eigenvalue weighted by Crippen LogP contribution is 2.32. The Balaban J connectivity index is 1.60. The van der Waals surface area contributed by atoms with Crippen LogP contribution in [0.3, 0.4) is 0 Å². The largest absolute Gasteiger partial charge is 0.454 e. The van der Waals surface area contributed by atoms with Crippen molar-refractivity contribution in [3.8, 4) is 11.5 Å². The van der Waals surface area contributed by atoms with Crippen molar-refractivity contribution < 1.29 is 19.1 Å². The van der Waals surface area contributed by atoms with E-state index in [1.165, 1.54) is 6.08 Å². The fraction of sp³-hybridized carbons (Fsp3) is 0.200. The number of rotatable bonds is 5. The molecule has 0 saturated carbocycles. The van der Waals surface area contributed by atoms with E-state index in [0.29, 0.717) is 17.9 Å². The van der Waals surface area contributed by atoms with Gasteiger partial charge in [-0.2, -0.15) is 0 Å². The van der Waals surface area contributed by atoms with Crippen LogP contribution in [0.5, 0.6) is 11.5 Å². The number of carbonyl (C=O) groups excluding carboxylic acids is 2. The number of carbonyl (C=O) groups is 2. The molecule has 0 saturated heterocycles. The molecule has 2 amide bonds. The van der Waals surface area contributed by atoms with Crippen LogP contribution in [-0.2, 0) is 11.3 Å². The Kier molecular flexibility index (Phi) is 5.22. The Morgan fingerprint density at radius 3 is 2.58 bits per heavy atom. The second kappa shape index (κ2) is 7.74. The predicted molar refractivity (Wildman–Crippen MR) is 97.9 cm³/mol. The van der Waals surface area contributed by atoms with E-state index in [1.807, 2.05) is 18.2 Å². The minimum atomic E-state index is -0.139. The molecule has 1 aliphatic rings. The van der Waals surface area contributed by atoms with Gasteiger partial charge in [0.2, 0.25) is 12.7 Å². The molecule has 0 aromatic heterocycles. The molecule has 0 atom stereocenters. The molecule has 0 unspecified atom stereocenters. The van der Waals surface area contributed by atoms with Crippen molar-refractivity contribution >= 4 is 17.9 Å². The van der Waals surface area contributed by atoms with Gasteiger partial charge in [0, 0.05) is 32.3 Å².